The third-order valence-corrected chi connectivity index (χ3v) is 1.04. The number of carbonyl (C=O) groups excluding carboxylic acids is 1. The molecule has 1 amide bonds. The molecule has 0 radical (unpaired) electrons. The fraction of sp³-hybridized carbons (Fsp3) is 0.333. The zero-order chi connectivity index (χ0) is 8.27. The number of hydrogen-bond donors (Lipinski definition) is 1. The molecule has 0 saturated carbocycles. The Kier molecular flexibility index (Phi) is 2.10. The van der Waals surface area contributed by atoms with Crippen LogP contribution in [0.25, 0.3) is 0 Å². The summed E-state index contributed by atoms with van der Waals surface area (Å²) in [6.07, 6.45) is 2.45. The molecule has 0 aliphatic carbocycles. The van der Waals surface area contributed by atoms with Crippen molar-refractivity contribution in [3.63, 3.8) is 0 Å². The van der Waals surface area contributed by atoms with Crippen molar-refractivity contribution in [3.05, 3.63) is 12.5 Å². The lowest BCUT2D eigenvalue weighted by Gasteiger charge is -2.07. The predicted octanol–water partition coefficient (Wildman–Crippen LogP) is 0.470. The Morgan fingerprint density at radius 3 is 2.91 bits per heavy atom. The molecule has 0 unspecified atom stereocenters. The summed E-state index contributed by atoms with van der Waals surface area (Å²) < 4.78 is 4.78. The highest BCUT2D eigenvalue weighted by Crippen LogP contribution is 2.02. The summed E-state index contributed by atoms with van der Waals surface area (Å²) in [6.45, 7) is 0. The monoisotopic (exact) mass is 155 g/mol. The zero-order valence-corrected chi connectivity index (χ0v) is 6.37. The van der Waals surface area contributed by atoms with Gasteiger partial charge in [-0.1, -0.05) is 0 Å². The number of aromatic amines is 1. The fourth-order valence-electron chi connectivity index (χ4n) is 0.484. The molecule has 0 saturated heterocycles. The number of nitrogens with zero attached hydrogens (tertiary/aromatic N) is 2. The molecule has 11 heavy (non-hydrogen) atoms. The average Bonchev–Trinajstić information content (AvgIpc) is 2.39. The molecular formula is C6H9N3O2. The van der Waals surface area contributed by atoms with Crippen molar-refractivity contribution >= 4 is 6.09 Å². The maximum absolute atomic E-state index is 10.9. The van der Waals surface area contributed by atoms with E-state index >= 15 is 0 Å². The van der Waals surface area contributed by atoms with E-state index in [1.165, 1.54) is 17.4 Å². The van der Waals surface area contributed by atoms with E-state index in [9.17, 15) is 4.79 Å². The number of carbonyl (C=O) groups is 1. The highest BCUT2D eigenvalue weighted by molar-refractivity contribution is 5.69. The van der Waals surface area contributed by atoms with Gasteiger partial charge in [0, 0.05) is 14.1 Å². The second-order valence-corrected chi connectivity index (χ2v) is 2.18. The van der Waals surface area contributed by atoms with Gasteiger partial charge in [-0.25, -0.2) is 9.78 Å². The van der Waals surface area contributed by atoms with Crippen molar-refractivity contribution in [2.45, 2.75) is 0 Å². The molecule has 0 aliphatic rings. The summed E-state index contributed by atoms with van der Waals surface area (Å²) >= 11 is 0. The minimum Gasteiger partial charge on any atom is -0.391 e. The second-order valence-electron chi connectivity index (χ2n) is 2.18. The van der Waals surface area contributed by atoms with E-state index in [-0.39, 0.29) is 0 Å². The van der Waals surface area contributed by atoms with E-state index in [1.807, 2.05) is 0 Å². The van der Waals surface area contributed by atoms with Gasteiger partial charge in [-0.2, -0.15) is 0 Å². The van der Waals surface area contributed by atoms with Crippen LogP contribution in [-0.4, -0.2) is 35.1 Å². The van der Waals surface area contributed by atoms with Crippen LogP contribution >= 0.6 is 0 Å². The lowest BCUT2D eigenvalue weighted by Crippen LogP contribution is -2.25. The molecular weight excluding hydrogens is 146 g/mol. The standard InChI is InChI=1S/C6H9N3O2/c1-9(2)6(10)11-5-3-7-4-8-5/h3-4H,1-2H3,(H,7,8). The first-order chi connectivity index (χ1) is 5.20. The lowest BCUT2D eigenvalue weighted by atomic mass is 10.8. The van der Waals surface area contributed by atoms with Gasteiger partial charge in [0.2, 0.25) is 5.88 Å². The lowest BCUT2D eigenvalue weighted by molar-refractivity contribution is 0.170. The van der Waals surface area contributed by atoms with E-state index in [0.717, 1.165) is 0 Å². The summed E-state index contributed by atoms with van der Waals surface area (Å²) in [5, 5.41) is 0. The number of rotatable bonds is 1. The summed E-state index contributed by atoms with van der Waals surface area (Å²) in [5.74, 6) is 0.351. The van der Waals surface area contributed by atoms with Gasteiger partial charge >= 0.3 is 6.09 Å². The topological polar surface area (TPSA) is 58.2 Å². The van der Waals surface area contributed by atoms with Gasteiger partial charge in [0.1, 0.15) is 0 Å². The quantitative estimate of drug-likeness (QED) is 0.641. The van der Waals surface area contributed by atoms with Crippen molar-refractivity contribution in [1.29, 1.82) is 0 Å². The second kappa shape index (κ2) is 3.05. The van der Waals surface area contributed by atoms with Gasteiger partial charge in [-0.15, -0.1) is 0 Å². The smallest absolute Gasteiger partial charge is 0.391 e. The van der Waals surface area contributed by atoms with Crippen molar-refractivity contribution < 1.29 is 9.53 Å². The molecule has 0 spiro atoms. The summed E-state index contributed by atoms with van der Waals surface area (Å²) in [4.78, 5) is 18.5. The molecule has 1 rings (SSSR count). The molecule has 60 valence electrons. The van der Waals surface area contributed by atoms with Crippen LogP contribution in [0.5, 0.6) is 5.88 Å². The minimum atomic E-state index is -0.422. The van der Waals surface area contributed by atoms with Gasteiger partial charge in [0.05, 0.1) is 12.5 Å². The Bertz CT molecular complexity index is 230. The van der Waals surface area contributed by atoms with E-state index < -0.39 is 6.09 Å². The molecule has 5 nitrogen and oxygen atoms in total. The Morgan fingerprint density at radius 1 is 1.73 bits per heavy atom. The first-order valence-electron chi connectivity index (χ1n) is 3.07. The van der Waals surface area contributed by atoms with Crippen LogP contribution in [0, 0.1) is 0 Å². The molecule has 0 fully saturated rings. The number of hydrogen-bond acceptors (Lipinski definition) is 3. The van der Waals surface area contributed by atoms with E-state index in [2.05, 4.69) is 9.97 Å². The molecule has 0 aromatic carbocycles. The third kappa shape index (κ3) is 1.96. The van der Waals surface area contributed by atoms with Gasteiger partial charge in [0.25, 0.3) is 0 Å². The molecule has 1 aromatic heterocycles. The molecule has 1 aromatic rings. The number of H-pyrrole nitrogens is 1. The predicted molar refractivity (Wildman–Crippen MR) is 38.3 cm³/mol. The highest BCUT2D eigenvalue weighted by atomic mass is 16.6. The first kappa shape index (κ1) is 7.59. The van der Waals surface area contributed by atoms with Crippen LogP contribution in [0.3, 0.4) is 0 Å². The Labute approximate surface area is 64.0 Å². The highest BCUT2D eigenvalue weighted by Gasteiger charge is 2.05. The third-order valence-electron chi connectivity index (χ3n) is 1.04. The maximum atomic E-state index is 10.9. The summed E-state index contributed by atoms with van der Waals surface area (Å²) in [7, 11) is 3.22. The first-order valence-corrected chi connectivity index (χ1v) is 3.07. The number of ether oxygens (including phenoxy) is 1. The number of aromatic nitrogens is 2. The minimum absolute atomic E-state index is 0.351. The normalized spacial score (nSPS) is 9.27. The van der Waals surface area contributed by atoms with Crippen molar-refractivity contribution in [1.82, 2.24) is 14.9 Å². The van der Waals surface area contributed by atoms with E-state index in [1.54, 1.807) is 14.1 Å². The Hall–Kier alpha value is -1.52. The Morgan fingerprint density at radius 2 is 2.45 bits per heavy atom. The Balaban J connectivity index is 2.50. The van der Waals surface area contributed by atoms with Gasteiger partial charge < -0.3 is 14.6 Å². The van der Waals surface area contributed by atoms with Crippen LogP contribution < -0.4 is 4.74 Å². The maximum Gasteiger partial charge on any atom is 0.416 e. The van der Waals surface area contributed by atoms with Crippen LogP contribution in [-0.2, 0) is 0 Å². The van der Waals surface area contributed by atoms with Crippen molar-refractivity contribution in [2.75, 3.05) is 14.1 Å². The van der Waals surface area contributed by atoms with Gasteiger partial charge in [-0.05, 0) is 0 Å². The molecule has 0 bridgehead atoms. The summed E-state index contributed by atoms with van der Waals surface area (Å²) in [6, 6.07) is 0. The van der Waals surface area contributed by atoms with E-state index in [4.69, 9.17) is 4.74 Å². The molecule has 1 N–H and O–H groups in total. The number of imidazole rings is 1. The number of amides is 1. The van der Waals surface area contributed by atoms with E-state index in [0.29, 0.717) is 5.88 Å². The molecule has 1 heterocycles. The summed E-state index contributed by atoms with van der Waals surface area (Å²) in [5.41, 5.74) is 0. The largest absolute Gasteiger partial charge is 0.416 e. The number of nitrogens with one attached hydrogen (secondary N) is 1. The SMILES string of the molecule is CN(C)C(=O)Oc1cnc[nH]1. The van der Waals surface area contributed by atoms with Gasteiger partial charge in [0.15, 0.2) is 0 Å². The average molecular weight is 155 g/mol. The zero-order valence-electron chi connectivity index (χ0n) is 6.37. The van der Waals surface area contributed by atoms with Crippen molar-refractivity contribution in [2.24, 2.45) is 0 Å². The van der Waals surface area contributed by atoms with Crippen LogP contribution in [0.1, 0.15) is 0 Å². The van der Waals surface area contributed by atoms with Gasteiger partial charge in [-0.3, -0.25) is 0 Å². The van der Waals surface area contributed by atoms with Crippen molar-refractivity contribution in [3.8, 4) is 5.88 Å². The molecule has 0 aliphatic heterocycles. The molecule has 0 atom stereocenters. The van der Waals surface area contributed by atoms with Crippen LogP contribution in [0.4, 0.5) is 4.79 Å². The van der Waals surface area contributed by atoms with Crippen LogP contribution in [0.2, 0.25) is 0 Å². The van der Waals surface area contributed by atoms with Crippen LogP contribution in [0.15, 0.2) is 12.5 Å². The molecule has 5 heteroatoms. The fourth-order valence-corrected chi connectivity index (χ4v) is 0.484.